The number of rotatable bonds is 13. The summed E-state index contributed by atoms with van der Waals surface area (Å²) in [7, 11) is 3.28. The molecular formula is C42H42Cl2N10O2. The zero-order chi connectivity index (χ0) is 38.4. The van der Waals surface area contributed by atoms with Gasteiger partial charge in [0.2, 0.25) is 11.8 Å². The Balaban J connectivity index is 0.962. The Hall–Kier alpha value is -5.40. The van der Waals surface area contributed by atoms with Gasteiger partial charge in [-0.15, -0.1) is 0 Å². The van der Waals surface area contributed by atoms with Crippen molar-refractivity contribution < 1.29 is 9.47 Å². The first-order valence-electron chi connectivity index (χ1n) is 18.6. The molecule has 0 aliphatic carbocycles. The van der Waals surface area contributed by atoms with Crippen LogP contribution < -0.4 is 29.9 Å². The summed E-state index contributed by atoms with van der Waals surface area (Å²) in [5, 5.41) is 8.42. The first kappa shape index (κ1) is 37.5. The van der Waals surface area contributed by atoms with Crippen LogP contribution in [0.4, 0.5) is 11.6 Å². The van der Waals surface area contributed by atoms with E-state index in [1.165, 1.54) is 0 Å². The van der Waals surface area contributed by atoms with Crippen LogP contribution in [-0.4, -0.2) is 82.4 Å². The third kappa shape index (κ3) is 8.10. The zero-order valence-corrected chi connectivity index (χ0v) is 32.7. The van der Waals surface area contributed by atoms with Gasteiger partial charge in [0, 0.05) is 97.1 Å². The molecule has 0 saturated carbocycles. The SMILES string of the molecule is COc1nc(-c2cccc(-c3cccc(-c4ccc(CNC5CCN(c6ccncn6)C5)c(OC)n4)c3Cl)c2Cl)ccc1CNC1CCN(c2ccncn2)C1. The minimum atomic E-state index is 0.317. The molecule has 2 aromatic carbocycles. The molecule has 2 atom stereocenters. The van der Waals surface area contributed by atoms with E-state index in [1.54, 1.807) is 39.3 Å². The number of nitrogens with one attached hydrogen (secondary N) is 2. The van der Waals surface area contributed by atoms with Gasteiger partial charge in [0.05, 0.1) is 35.7 Å². The average Bonchev–Trinajstić information content (AvgIpc) is 3.94. The molecular weight excluding hydrogens is 747 g/mol. The summed E-state index contributed by atoms with van der Waals surface area (Å²) in [5.74, 6) is 2.99. The van der Waals surface area contributed by atoms with Gasteiger partial charge in [-0.3, -0.25) is 0 Å². The third-order valence-corrected chi connectivity index (χ3v) is 11.2. The van der Waals surface area contributed by atoms with E-state index in [0.717, 1.165) is 84.0 Å². The van der Waals surface area contributed by atoms with Crippen molar-refractivity contribution in [3.05, 3.63) is 119 Å². The summed E-state index contributed by atoms with van der Waals surface area (Å²) >= 11 is 14.4. The maximum Gasteiger partial charge on any atom is 0.218 e. The summed E-state index contributed by atoms with van der Waals surface area (Å²) in [6.45, 7) is 4.86. The number of nitrogens with zero attached hydrogens (tertiary/aromatic N) is 8. The highest BCUT2D eigenvalue weighted by molar-refractivity contribution is 6.39. The molecule has 6 heterocycles. The van der Waals surface area contributed by atoms with Crippen LogP contribution in [0.3, 0.4) is 0 Å². The lowest BCUT2D eigenvalue weighted by atomic mass is 9.98. The number of halogens is 2. The normalized spacial score (nSPS) is 16.7. The van der Waals surface area contributed by atoms with Gasteiger partial charge in [0.25, 0.3) is 0 Å². The Morgan fingerprint density at radius 2 is 1.05 bits per heavy atom. The van der Waals surface area contributed by atoms with E-state index in [-0.39, 0.29) is 0 Å². The first-order chi connectivity index (χ1) is 27.5. The summed E-state index contributed by atoms with van der Waals surface area (Å²) in [6.07, 6.45) is 8.76. The molecule has 6 aromatic rings. The maximum atomic E-state index is 7.18. The van der Waals surface area contributed by atoms with E-state index < -0.39 is 0 Å². The minimum Gasteiger partial charge on any atom is -0.481 e. The average molecular weight is 790 g/mol. The van der Waals surface area contributed by atoms with E-state index in [0.29, 0.717) is 58.4 Å². The Kier molecular flexibility index (Phi) is 11.5. The fourth-order valence-electron chi connectivity index (χ4n) is 7.46. The molecule has 2 aliphatic heterocycles. The molecule has 2 aliphatic rings. The second kappa shape index (κ2) is 17.2. The molecule has 0 radical (unpaired) electrons. The highest BCUT2D eigenvalue weighted by atomic mass is 35.5. The number of benzene rings is 2. The lowest BCUT2D eigenvalue weighted by molar-refractivity contribution is 0.389. The van der Waals surface area contributed by atoms with Crippen molar-refractivity contribution in [3.63, 3.8) is 0 Å². The van der Waals surface area contributed by atoms with Crippen LogP contribution in [0.2, 0.25) is 10.0 Å². The van der Waals surface area contributed by atoms with Crippen LogP contribution in [0.15, 0.2) is 97.8 Å². The molecule has 14 heteroatoms. The number of hydrogen-bond acceptors (Lipinski definition) is 12. The molecule has 12 nitrogen and oxygen atoms in total. The van der Waals surface area contributed by atoms with E-state index in [9.17, 15) is 0 Å². The topological polar surface area (TPSA) is 126 Å². The molecule has 56 heavy (non-hydrogen) atoms. The maximum absolute atomic E-state index is 7.18. The Labute approximate surface area is 336 Å². The molecule has 2 unspecified atom stereocenters. The summed E-state index contributed by atoms with van der Waals surface area (Å²) < 4.78 is 11.5. The van der Waals surface area contributed by atoms with Gasteiger partial charge in [0.15, 0.2) is 0 Å². The second-order valence-corrected chi connectivity index (χ2v) is 14.6. The van der Waals surface area contributed by atoms with Gasteiger partial charge in [-0.1, -0.05) is 71.7 Å². The number of aromatic nitrogens is 6. The fraction of sp³-hybridized carbons (Fsp3) is 0.286. The van der Waals surface area contributed by atoms with Gasteiger partial charge in [-0.05, 0) is 37.1 Å². The largest absolute Gasteiger partial charge is 0.481 e. The van der Waals surface area contributed by atoms with Crippen molar-refractivity contribution in [3.8, 4) is 45.4 Å². The van der Waals surface area contributed by atoms with Gasteiger partial charge in [-0.25, -0.2) is 29.9 Å². The van der Waals surface area contributed by atoms with E-state index >= 15 is 0 Å². The van der Waals surface area contributed by atoms with E-state index in [4.69, 9.17) is 42.6 Å². The molecule has 2 N–H and O–H groups in total. The first-order valence-corrected chi connectivity index (χ1v) is 19.4. The predicted octanol–water partition coefficient (Wildman–Crippen LogP) is 7.12. The standard InChI is InChI=1S/C42H42Cl2N10O2/c1-55-41-27(21-47-29-15-19-53(23-29)37-13-17-45-25-49-37)9-11-35(51-41)33-7-3-5-31(39(33)43)32-6-4-8-34(40(32)44)36-12-10-28(42(52-36)56-2)22-48-30-16-20-54(24-30)38-14-18-46-26-50-38/h3-14,17-18,25-26,29-30,47-48H,15-16,19-24H2,1-2H3. The monoisotopic (exact) mass is 788 g/mol. The van der Waals surface area contributed by atoms with Crippen LogP contribution >= 0.6 is 23.2 Å². The van der Waals surface area contributed by atoms with Crippen molar-refractivity contribution in [2.24, 2.45) is 0 Å². The third-order valence-electron chi connectivity index (χ3n) is 10.4. The van der Waals surface area contributed by atoms with Gasteiger partial charge in [0.1, 0.15) is 24.3 Å². The van der Waals surface area contributed by atoms with Gasteiger partial charge < -0.3 is 29.9 Å². The Bertz CT molecular complexity index is 2120. The Morgan fingerprint density at radius 3 is 1.46 bits per heavy atom. The van der Waals surface area contributed by atoms with E-state index in [2.05, 4.69) is 40.4 Å². The number of anilines is 2. The fourth-order valence-corrected chi connectivity index (χ4v) is 8.11. The van der Waals surface area contributed by atoms with Crippen molar-refractivity contribution >= 4 is 34.8 Å². The molecule has 286 valence electrons. The van der Waals surface area contributed by atoms with Crippen LogP contribution in [0.25, 0.3) is 33.6 Å². The quantitative estimate of drug-likeness (QED) is 0.124. The zero-order valence-electron chi connectivity index (χ0n) is 31.2. The molecule has 0 bridgehead atoms. The van der Waals surface area contributed by atoms with Gasteiger partial charge in [-0.2, -0.15) is 0 Å². The summed E-state index contributed by atoms with van der Waals surface area (Å²) in [5.41, 5.74) is 6.47. The lowest BCUT2D eigenvalue weighted by Gasteiger charge is -2.18. The van der Waals surface area contributed by atoms with Crippen LogP contribution in [0.1, 0.15) is 24.0 Å². The highest BCUT2D eigenvalue weighted by Gasteiger charge is 2.25. The second-order valence-electron chi connectivity index (χ2n) is 13.8. The van der Waals surface area contributed by atoms with E-state index in [1.807, 2.05) is 72.8 Å². The molecule has 8 rings (SSSR count). The van der Waals surface area contributed by atoms with Crippen LogP contribution in [0.5, 0.6) is 11.8 Å². The Morgan fingerprint density at radius 1 is 0.607 bits per heavy atom. The molecule has 0 spiro atoms. The van der Waals surface area contributed by atoms with Crippen LogP contribution in [0, 0.1) is 0 Å². The lowest BCUT2D eigenvalue weighted by Crippen LogP contribution is -2.32. The van der Waals surface area contributed by atoms with Crippen molar-refractivity contribution in [2.45, 2.75) is 38.0 Å². The number of hydrogen-bond donors (Lipinski definition) is 2. The summed E-state index contributed by atoms with van der Waals surface area (Å²) in [6, 6.07) is 24.4. The molecule has 4 aromatic heterocycles. The van der Waals surface area contributed by atoms with Gasteiger partial charge >= 0.3 is 0 Å². The summed E-state index contributed by atoms with van der Waals surface area (Å²) in [4.78, 5) is 31.2. The minimum absolute atomic E-state index is 0.317. The molecule has 2 fully saturated rings. The number of pyridine rings is 2. The van der Waals surface area contributed by atoms with Crippen molar-refractivity contribution in [1.82, 2.24) is 40.5 Å². The number of methoxy groups -OCH3 is 2. The van der Waals surface area contributed by atoms with Crippen molar-refractivity contribution in [2.75, 3.05) is 50.2 Å². The van der Waals surface area contributed by atoms with Crippen LogP contribution in [-0.2, 0) is 13.1 Å². The number of ether oxygens (including phenoxy) is 2. The molecule has 0 amide bonds. The smallest absolute Gasteiger partial charge is 0.218 e. The predicted molar refractivity (Wildman–Crippen MR) is 220 cm³/mol. The van der Waals surface area contributed by atoms with Crippen molar-refractivity contribution in [1.29, 1.82) is 0 Å². The highest BCUT2D eigenvalue weighted by Crippen LogP contribution is 2.42. The molecule has 2 saturated heterocycles.